The first-order valence-corrected chi connectivity index (χ1v) is 5.50. The topological polar surface area (TPSA) is 21.3 Å². The van der Waals surface area contributed by atoms with Crippen LogP contribution in [0.5, 0.6) is 0 Å². The van der Waals surface area contributed by atoms with Crippen LogP contribution in [0.4, 0.5) is 0 Å². The fraction of sp³-hybridized carbons (Fsp3) is 1.00. The molecule has 1 N–H and O–H groups in total. The SMILES string of the molecule is CCCNC(CC)CCC(C)OC. The van der Waals surface area contributed by atoms with Crippen molar-refractivity contribution in [2.24, 2.45) is 0 Å². The van der Waals surface area contributed by atoms with Gasteiger partial charge < -0.3 is 10.1 Å². The molecule has 0 heterocycles. The molecule has 0 saturated carbocycles. The molecular weight excluding hydrogens is 162 g/mol. The van der Waals surface area contributed by atoms with Gasteiger partial charge in [0.1, 0.15) is 0 Å². The molecule has 0 aliphatic carbocycles. The number of ether oxygens (including phenoxy) is 1. The fourth-order valence-corrected chi connectivity index (χ4v) is 1.35. The Balaban J connectivity index is 3.46. The van der Waals surface area contributed by atoms with Gasteiger partial charge in [0.15, 0.2) is 0 Å². The Morgan fingerprint density at radius 2 is 1.92 bits per heavy atom. The molecule has 0 aliphatic rings. The summed E-state index contributed by atoms with van der Waals surface area (Å²) in [5, 5.41) is 3.54. The van der Waals surface area contributed by atoms with E-state index < -0.39 is 0 Å². The first-order chi connectivity index (χ1) is 6.24. The van der Waals surface area contributed by atoms with Crippen LogP contribution in [0.15, 0.2) is 0 Å². The zero-order chi connectivity index (χ0) is 10.1. The lowest BCUT2D eigenvalue weighted by atomic mass is 10.1. The second kappa shape index (κ2) is 8.52. The largest absolute Gasteiger partial charge is 0.382 e. The van der Waals surface area contributed by atoms with Crippen LogP contribution in [0.2, 0.25) is 0 Å². The van der Waals surface area contributed by atoms with E-state index in [2.05, 4.69) is 26.1 Å². The molecule has 13 heavy (non-hydrogen) atoms. The van der Waals surface area contributed by atoms with Crippen LogP contribution in [0.3, 0.4) is 0 Å². The van der Waals surface area contributed by atoms with Gasteiger partial charge >= 0.3 is 0 Å². The number of hydrogen-bond donors (Lipinski definition) is 1. The third-order valence-electron chi connectivity index (χ3n) is 2.50. The van der Waals surface area contributed by atoms with Crippen molar-refractivity contribution in [3.63, 3.8) is 0 Å². The van der Waals surface area contributed by atoms with E-state index in [4.69, 9.17) is 4.74 Å². The first kappa shape index (κ1) is 12.9. The highest BCUT2D eigenvalue weighted by Crippen LogP contribution is 2.06. The Morgan fingerprint density at radius 3 is 2.38 bits per heavy atom. The Morgan fingerprint density at radius 1 is 1.23 bits per heavy atom. The standard InChI is InChI=1S/C11H25NO/c1-5-9-12-11(6-2)8-7-10(3)13-4/h10-12H,5-9H2,1-4H3. The van der Waals surface area contributed by atoms with Crippen LogP contribution in [0.1, 0.15) is 46.5 Å². The highest BCUT2D eigenvalue weighted by Gasteiger charge is 2.07. The van der Waals surface area contributed by atoms with Gasteiger partial charge in [0.25, 0.3) is 0 Å². The van der Waals surface area contributed by atoms with Crippen LogP contribution in [-0.4, -0.2) is 25.8 Å². The molecule has 2 nitrogen and oxygen atoms in total. The van der Waals surface area contributed by atoms with E-state index in [0.717, 1.165) is 13.0 Å². The molecule has 0 aromatic carbocycles. The summed E-state index contributed by atoms with van der Waals surface area (Å²) in [4.78, 5) is 0. The molecule has 80 valence electrons. The van der Waals surface area contributed by atoms with Crippen molar-refractivity contribution in [2.45, 2.75) is 58.6 Å². The summed E-state index contributed by atoms with van der Waals surface area (Å²) in [6.07, 6.45) is 5.22. The summed E-state index contributed by atoms with van der Waals surface area (Å²) in [6.45, 7) is 7.72. The third-order valence-corrected chi connectivity index (χ3v) is 2.50. The monoisotopic (exact) mass is 187 g/mol. The Bertz CT molecular complexity index is 106. The molecule has 0 bridgehead atoms. The van der Waals surface area contributed by atoms with Gasteiger partial charge in [0.2, 0.25) is 0 Å². The van der Waals surface area contributed by atoms with Crippen LogP contribution in [-0.2, 0) is 4.74 Å². The number of hydrogen-bond acceptors (Lipinski definition) is 2. The van der Waals surface area contributed by atoms with Crippen LogP contribution in [0, 0.1) is 0 Å². The lowest BCUT2D eigenvalue weighted by Crippen LogP contribution is -2.30. The van der Waals surface area contributed by atoms with E-state index in [1.807, 2.05) is 0 Å². The highest BCUT2D eigenvalue weighted by molar-refractivity contribution is 4.66. The fourth-order valence-electron chi connectivity index (χ4n) is 1.35. The minimum absolute atomic E-state index is 0.400. The number of rotatable bonds is 8. The van der Waals surface area contributed by atoms with Gasteiger partial charge in [-0.25, -0.2) is 0 Å². The smallest absolute Gasteiger partial charge is 0.0543 e. The van der Waals surface area contributed by atoms with Gasteiger partial charge in [-0.2, -0.15) is 0 Å². The summed E-state index contributed by atoms with van der Waals surface area (Å²) in [5.74, 6) is 0. The summed E-state index contributed by atoms with van der Waals surface area (Å²) in [6, 6.07) is 0.678. The van der Waals surface area contributed by atoms with Crippen molar-refractivity contribution in [3.8, 4) is 0 Å². The van der Waals surface area contributed by atoms with E-state index in [1.54, 1.807) is 7.11 Å². The van der Waals surface area contributed by atoms with Crippen molar-refractivity contribution >= 4 is 0 Å². The summed E-state index contributed by atoms with van der Waals surface area (Å²) in [7, 11) is 1.78. The Labute approximate surface area is 83.1 Å². The van der Waals surface area contributed by atoms with Crippen LogP contribution < -0.4 is 5.32 Å². The maximum atomic E-state index is 5.22. The molecule has 0 spiro atoms. The predicted octanol–water partition coefficient (Wildman–Crippen LogP) is 2.58. The first-order valence-electron chi connectivity index (χ1n) is 5.50. The zero-order valence-electron chi connectivity index (χ0n) is 9.60. The lowest BCUT2D eigenvalue weighted by molar-refractivity contribution is 0.106. The average Bonchev–Trinajstić information content (AvgIpc) is 2.17. The Kier molecular flexibility index (Phi) is 8.46. The maximum absolute atomic E-state index is 5.22. The quantitative estimate of drug-likeness (QED) is 0.630. The molecule has 0 amide bonds. The predicted molar refractivity (Wildman–Crippen MR) is 58.1 cm³/mol. The Hall–Kier alpha value is -0.0800. The molecular formula is C11H25NO. The second-order valence-electron chi connectivity index (χ2n) is 3.68. The van der Waals surface area contributed by atoms with Gasteiger partial charge in [-0.1, -0.05) is 13.8 Å². The second-order valence-corrected chi connectivity index (χ2v) is 3.68. The lowest BCUT2D eigenvalue weighted by Gasteiger charge is -2.18. The number of nitrogens with one attached hydrogen (secondary N) is 1. The summed E-state index contributed by atoms with van der Waals surface area (Å²) in [5.41, 5.74) is 0. The van der Waals surface area contributed by atoms with Gasteiger partial charge in [-0.05, 0) is 39.2 Å². The summed E-state index contributed by atoms with van der Waals surface area (Å²) < 4.78 is 5.22. The minimum Gasteiger partial charge on any atom is -0.382 e. The minimum atomic E-state index is 0.400. The average molecular weight is 187 g/mol. The zero-order valence-corrected chi connectivity index (χ0v) is 9.60. The van der Waals surface area contributed by atoms with Gasteiger partial charge in [0.05, 0.1) is 6.10 Å². The van der Waals surface area contributed by atoms with Gasteiger partial charge in [-0.15, -0.1) is 0 Å². The molecule has 0 aliphatic heterocycles. The van der Waals surface area contributed by atoms with E-state index >= 15 is 0 Å². The molecule has 0 fully saturated rings. The van der Waals surface area contributed by atoms with E-state index in [-0.39, 0.29) is 0 Å². The van der Waals surface area contributed by atoms with Crippen molar-refractivity contribution in [1.82, 2.24) is 5.32 Å². The molecule has 0 aromatic rings. The van der Waals surface area contributed by atoms with Crippen LogP contribution >= 0.6 is 0 Å². The van der Waals surface area contributed by atoms with Gasteiger partial charge in [0, 0.05) is 13.2 Å². The number of methoxy groups -OCH3 is 1. The van der Waals surface area contributed by atoms with Gasteiger partial charge in [-0.3, -0.25) is 0 Å². The molecule has 0 aromatic heterocycles. The normalized spacial score (nSPS) is 15.7. The van der Waals surface area contributed by atoms with Crippen molar-refractivity contribution in [3.05, 3.63) is 0 Å². The maximum Gasteiger partial charge on any atom is 0.0543 e. The summed E-state index contributed by atoms with van der Waals surface area (Å²) >= 11 is 0. The molecule has 0 rings (SSSR count). The molecule has 0 radical (unpaired) electrons. The molecule has 0 saturated heterocycles. The molecule has 2 heteroatoms. The molecule has 2 atom stereocenters. The van der Waals surface area contributed by atoms with E-state index in [0.29, 0.717) is 12.1 Å². The van der Waals surface area contributed by atoms with E-state index in [1.165, 1.54) is 19.3 Å². The highest BCUT2D eigenvalue weighted by atomic mass is 16.5. The van der Waals surface area contributed by atoms with Crippen molar-refractivity contribution in [2.75, 3.05) is 13.7 Å². The molecule has 2 unspecified atom stereocenters. The van der Waals surface area contributed by atoms with E-state index in [9.17, 15) is 0 Å². The van der Waals surface area contributed by atoms with Crippen molar-refractivity contribution in [1.29, 1.82) is 0 Å². The van der Waals surface area contributed by atoms with Crippen LogP contribution in [0.25, 0.3) is 0 Å². The third kappa shape index (κ3) is 7.03. The van der Waals surface area contributed by atoms with Crippen molar-refractivity contribution < 1.29 is 4.74 Å².